The van der Waals surface area contributed by atoms with Gasteiger partial charge in [0.1, 0.15) is 5.75 Å². The van der Waals surface area contributed by atoms with Crippen molar-refractivity contribution >= 4 is 6.09 Å². The van der Waals surface area contributed by atoms with Crippen molar-refractivity contribution < 1.29 is 9.53 Å². The number of carbonyl (C=O) groups excluding carboxylic acids is 1. The van der Waals surface area contributed by atoms with E-state index in [4.69, 9.17) is 4.74 Å². The quantitative estimate of drug-likeness (QED) is 0.821. The Morgan fingerprint density at radius 1 is 1.22 bits per heavy atom. The van der Waals surface area contributed by atoms with Crippen molar-refractivity contribution in [3.05, 3.63) is 29.8 Å². The van der Waals surface area contributed by atoms with Gasteiger partial charge in [0, 0.05) is 12.6 Å². The van der Waals surface area contributed by atoms with E-state index in [2.05, 4.69) is 5.32 Å². The Labute approximate surface area is 107 Å². The molecule has 0 spiro atoms. The van der Waals surface area contributed by atoms with E-state index in [1.807, 2.05) is 29.2 Å². The number of rotatable bonds is 1. The summed E-state index contributed by atoms with van der Waals surface area (Å²) in [6.45, 7) is 2.74. The summed E-state index contributed by atoms with van der Waals surface area (Å²) < 4.78 is 5.49. The van der Waals surface area contributed by atoms with Crippen LogP contribution in [0.1, 0.15) is 18.4 Å². The predicted molar refractivity (Wildman–Crippen MR) is 68.8 cm³/mol. The Bertz CT molecular complexity index is 441. The van der Waals surface area contributed by atoms with E-state index in [-0.39, 0.29) is 6.09 Å². The van der Waals surface area contributed by atoms with Crippen LogP contribution in [-0.4, -0.2) is 36.7 Å². The van der Waals surface area contributed by atoms with Gasteiger partial charge < -0.3 is 15.0 Å². The van der Waals surface area contributed by atoms with E-state index in [0.29, 0.717) is 6.04 Å². The molecule has 1 aromatic rings. The number of ether oxygens (including phenoxy) is 1. The second-order valence-corrected chi connectivity index (χ2v) is 4.90. The third-order valence-corrected chi connectivity index (χ3v) is 3.78. The summed E-state index contributed by atoms with van der Waals surface area (Å²) in [5, 5.41) is 3.32. The number of amides is 1. The lowest BCUT2D eigenvalue weighted by Gasteiger charge is -2.32. The zero-order chi connectivity index (χ0) is 12.4. The maximum Gasteiger partial charge on any atom is 0.415 e. The molecule has 1 N–H and O–H groups in total. The van der Waals surface area contributed by atoms with Crippen LogP contribution < -0.4 is 10.1 Å². The molecule has 0 unspecified atom stereocenters. The van der Waals surface area contributed by atoms with Gasteiger partial charge in [-0.1, -0.05) is 18.2 Å². The van der Waals surface area contributed by atoms with Crippen LogP contribution in [0.5, 0.6) is 5.75 Å². The number of fused-ring (bicyclic) bond motifs is 1. The normalized spacial score (nSPS) is 21.1. The van der Waals surface area contributed by atoms with Crippen LogP contribution in [0.4, 0.5) is 4.79 Å². The van der Waals surface area contributed by atoms with Gasteiger partial charge in [-0.2, -0.15) is 0 Å². The minimum absolute atomic E-state index is 0.188. The van der Waals surface area contributed by atoms with Crippen LogP contribution in [0.25, 0.3) is 0 Å². The number of para-hydroxylation sites is 1. The van der Waals surface area contributed by atoms with E-state index in [9.17, 15) is 4.79 Å². The molecule has 0 saturated carbocycles. The molecule has 4 nitrogen and oxygen atoms in total. The first-order valence-corrected chi connectivity index (χ1v) is 6.61. The zero-order valence-electron chi connectivity index (χ0n) is 10.4. The van der Waals surface area contributed by atoms with Gasteiger partial charge in [0.05, 0.1) is 0 Å². The lowest BCUT2D eigenvalue weighted by molar-refractivity contribution is 0.125. The predicted octanol–water partition coefficient (Wildman–Crippen LogP) is 1.80. The third kappa shape index (κ3) is 2.20. The molecule has 2 heterocycles. The van der Waals surface area contributed by atoms with Gasteiger partial charge in [0.2, 0.25) is 0 Å². The van der Waals surface area contributed by atoms with Crippen molar-refractivity contribution in [3.8, 4) is 5.75 Å². The standard InChI is InChI=1S/C14H18N2O2/c17-14-16(12-5-8-15-9-6-12)10-7-11-3-1-2-4-13(11)18-14/h1-4,12,15H,5-10H2. The molecule has 4 heteroatoms. The first-order chi connectivity index (χ1) is 8.84. The molecular formula is C14H18N2O2. The monoisotopic (exact) mass is 246 g/mol. The second kappa shape index (κ2) is 4.98. The number of nitrogens with zero attached hydrogens (tertiary/aromatic N) is 1. The summed E-state index contributed by atoms with van der Waals surface area (Å²) in [5.41, 5.74) is 1.13. The van der Waals surface area contributed by atoms with Crippen LogP contribution >= 0.6 is 0 Å². The molecule has 0 atom stereocenters. The van der Waals surface area contributed by atoms with Gasteiger partial charge in [-0.3, -0.25) is 0 Å². The second-order valence-electron chi connectivity index (χ2n) is 4.90. The molecule has 1 fully saturated rings. The molecule has 2 aliphatic rings. The zero-order valence-corrected chi connectivity index (χ0v) is 10.4. The number of benzene rings is 1. The molecule has 1 saturated heterocycles. The molecule has 0 aromatic heterocycles. The number of hydrogen-bond acceptors (Lipinski definition) is 3. The SMILES string of the molecule is O=C1Oc2ccccc2CCN1C1CCNCC1. The summed E-state index contributed by atoms with van der Waals surface area (Å²) in [6.07, 6.45) is 2.73. The van der Waals surface area contributed by atoms with Crippen molar-refractivity contribution in [2.75, 3.05) is 19.6 Å². The van der Waals surface area contributed by atoms with Crippen LogP contribution in [0, 0.1) is 0 Å². The molecule has 0 radical (unpaired) electrons. The topological polar surface area (TPSA) is 41.6 Å². The van der Waals surface area contributed by atoms with E-state index < -0.39 is 0 Å². The summed E-state index contributed by atoms with van der Waals surface area (Å²) in [4.78, 5) is 14.1. The van der Waals surface area contributed by atoms with E-state index >= 15 is 0 Å². The Morgan fingerprint density at radius 3 is 2.83 bits per heavy atom. The summed E-state index contributed by atoms with van der Waals surface area (Å²) in [7, 11) is 0. The number of hydrogen-bond donors (Lipinski definition) is 1. The maximum absolute atomic E-state index is 12.2. The Balaban J connectivity index is 1.78. The van der Waals surface area contributed by atoms with E-state index in [0.717, 1.165) is 50.2 Å². The average Bonchev–Trinajstić information content (AvgIpc) is 2.58. The molecule has 0 bridgehead atoms. The van der Waals surface area contributed by atoms with Crippen molar-refractivity contribution in [1.82, 2.24) is 10.2 Å². The third-order valence-electron chi connectivity index (χ3n) is 3.78. The lowest BCUT2D eigenvalue weighted by Crippen LogP contribution is -2.47. The number of carbonyl (C=O) groups is 1. The fraction of sp³-hybridized carbons (Fsp3) is 0.500. The van der Waals surface area contributed by atoms with Crippen molar-refractivity contribution in [3.63, 3.8) is 0 Å². The number of nitrogens with one attached hydrogen (secondary N) is 1. The summed E-state index contributed by atoms with van der Waals surface area (Å²) >= 11 is 0. The first kappa shape index (κ1) is 11.5. The van der Waals surface area contributed by atoms with Crippen molar-refractivity contribution in [2.24, 2.45) is 0 Å². The van der Waals surface area contributed by atoms with E-state index in [1.165, 1.54) is 0 Å². The first-order valence-electron chi connectivity index (χ1n) is 6.61. The Kier molecular flexibility index (Phi) is 3.19. The molecule has 0 aliphatic carbocycles. The van der Waals surface area contributed by atoms with Gasteiger partial charge in [-0.15, -0.1) is 0 Å². The molecule has 1 aromatic carbocycles. The Morgan fingerprint density at radius 2 is 2.00 bits per heavy atom. The van der Waals surface area contributed by atoms with Gasteiger partial charge in [-0.25, -0.2) is 4.79 Å². The molecule has 1 amide bonds. The largest absolute Gasteiger partial charge is 0.415 e. The van der Waals surface area contributed by atoms with Gasteiger partial charge in [0.25, 0.3) is 0 Å². The highest BCUT2D eigenvalue weighted by molar-refractivity contribution is 5.72. The van der Waals surface area contributed by atoms with Crippen molar-refractivity contribution in [1.29, 1.82) is 0 Å². The van der Waals surface area contributed by atoms with Crippen LogP contribution in [0.15, 0.2) is 24.3 Å². The molecular weight excluding hydrogens is 228 g/mol. The molecule has 3 rings (SSSR count). The highest BCUT2D eigenvalue weighted by Gasteiger charge is 2.29. The fourth-order valence-electron chi connectivity index (χ4n) is 2.74. The molecule has 96 valence electrons. The van der Waals surface area contributed by atoms with Crippen LogP contribution in [0.3, 0.4) is 0 Å². The highest BCUT2D eigenvalue weighted by Crippen LogP contribution is 2.25. The molecule has 2 aliphatic heterocycles. The minimum atomic E-state index is -0.188. The van der Waals surface area contributed by atoms with Crippen LogP contribution in [-0.2, 0) is 6.42 Å². The van der Waals surface area contributed by atoms with Gasteiger partial charge >= 0.3 is 6.09 Å². The smallest absolute Gasteiger partial charge is 0.410 e. The van der Waals surface area contributed by atoms with E-state index in [1.54, 1.807) is 0 Å². The fourth-order valence-corrected chi connectivity index (χ4v) is 2.74. The summed E-state index contributed by atoms with van der Waals surface area (Å²) in [6, 6.07) is 8.14. The van der Waals surface area contributed by atoms with Gasteiger partial charge in [0.15, 0.2) is 0 Å². The lowest BCUT2D eigenvalue weighted by atomic mass is 10.0. The average molecular weight is 246 g/mol. The van der Waals surface area contributed by atoms with Crippen molar-refractivity contribution in [2.45, 2.75) is 25.3 Å². The summed E-state index contributed by atoms with van der Waals surface area (Å²) in [5.74, 6) is 0.721. The van der Waals surface area contributed by atoms with Gasteiger partial charge in [-0.05, 0) is 44.0 Å². The minimum Gasteiger partial charge on any atom is -0.410 e. The maximum atomic E-state index is 12.2. The molecule has 18 heavy (non-hydrogen) atoms. The number of piperidine rings is 1. The Hall–Kier alpha value is -1.55. The van der Waals surface area contributed by atoms with Crippen LogP contribution in [0.2, 0.25) is 0 Å². The highest BCUT2D eigenvalue weighted by atomic mass is 16.6.